The molecule has 0 saturated carbocycles. The van der Waals surface area contributed by atoms with Crippen LogP contribution in [0.4, 0.5) is 5.69 Å². The first-order chi connectivity index (χ1) is 9.70. The molecule has 0 unspecified atom stereocenters. The van der Waals surface area contributed by atoms with E-state index in [1.54, 1.807) is 11.1 Å². The van der Waals surface area contributed by atoms with Gasteiger partial charge in [0.05, 0.1) is 5.69 Å². The van der Waals surface area contributed by atoms with E-state index in [0.29, 0.717) is 12.5 Å². The fraction of sp³-hybridized carbons (Fsp3) is 0.529. The van der Waals surface area contributed by atoms with Crippen LogP contribution >= 0.6 is 0 Å². The van der Waals surface area contributed by atoms with Gasteiger partial charge in [0, 0.05) is 18.3 Å². The summed E-state index contributed by atoms with van der Waals surface area (Å²) >= 11 is 0. The fourth-order valence-electron chi connectivity index (χ4n) is 2.41. The molecule has 1 aliphatic rings. The Morgan fingerprint density at radius 1 is 1.33 bits per heavy atom. The van der Waals surface area contributed by atoms with Gasteiger partial charge >= 0.3 is 0 Å². The zero-order chi connectivity index (χ0) is 15.8. The number of hydrogen-bond acceptors (Lipinski definition) is 3. The van der Waals surface area contributed by atoms with Crippen molar-refractivity contribution < 1.29 is 4.79 Å². The molecular formula is C17H25N3O. The van der Waals surface area contributed by atoms with E-state index in [0.717, 1.165) is 11.3 Å². The predicted octanol–water partition coefficient (Wildman–Crippen LogP) is 2.69. The Labute approximate surface area is 127 Å². The van der Waals surface area contributed by atoms with Crippen molar-refractivity contribution in [3.63, 3.8) is 0 Å². The Kier molecular flexibility index (Phi) is 4.19. The third kappa shape index (κ3) is 3.32. The van der Waals surface area contributed by atoms with Crippen LogP contribution in [0.2, 0.25) is 0 Å². The lowest BCUT2D eigenvalue weighted by Crippen LogP contribution is -2.44. The number of nitrogens with two attached hydrogens (primary N) is 1. The summed E-state index contributed by atoms with van der Waals surface area (Å²) in [6.45, 7) is 11.3. The zero-order valence-corrected chi connectivity index (χ0v) is 13.6. The van der Waals surface area contributed by atoms with E-state index in [-0.39, 0.29) is 11.3 Å². The first-order valence-corrected chi connectivity index (χ1v) is 7.45. The molecule has 0 aliphatic carbocycles. The van der Waals surface area contributed by atoms with Gasteiger partial charge in [0.15, 0.2) is 6.17 Å². The van der Waals surface area contributed by atoms with Gasteiger partial charge in [-0.15, -0.1) is 0 Å². The average Bonchev–Trinajstić information content (AvgIpc) is 2.49. The Bertz CT molecular complexity index is 570. The van der Waals surface area contributed by atoms with Crippen LogP contribution in [0.15, 0.2) is 23.2 Å². The molecule has 0 saturated heterocycles. The Morgan fingerprint density at radius 3 is 2.57 bits per heavy atom. The van der Waals surface area contributed by atoms with Crippen molar-refractivity contribution in [2.24, 2.45) is 16.6 Å². The number of fused-ring (bicyclic) bond motifs is 1. The van der Waals surface area contributed by atoms with Gasteiger partial charge in [-0.05, 0) is 23.0 Å². The molecule has 4 nitrogen and oxygen atoms in total. The molecule has 1 heterocycles. The SMILES string of the molecule is CC(C)CN1C(=O)[C@@H](N)N=Cc2ccc(C(C)(C)C)cc21. The predicted molar refractivity (Wildman–Crippen MR) is 87.9 cm³/mol. The summed E-state index contributed by atoms with van der Waals surface area (Å²) in [5.74, 6) is 0.232. The first kappa shape index (κ1) is 15.7. The molecule has 21 heavy (non-hydrogen) atoms. The third-order valence-corrected chi connectivity index (χ3v) is 3.63. The molecule has 0 aromatic heterocycles. The second kappa shape index (κ2) is 5.60. The minimum atomic E-state index is -0.811. The molecule has 1 aliphatic heterocycles. The van der Waals surface area contributed by atoms with E-state index < -0.39 is 6.17 Å². The summed E-state index contributed by atoms with van der Waals surface area (Å²) in [7, 11) is 0. The number of amides is 1. The Balaban J connectivity index is 2.55. The zero-order valence-electron chi connectivity index (χ0n) is 13.6. The first-order valence-electron chi connectivity index (χ1n) is 7.45. The van der Waals surface area contributed by atoms with Gasteiger partial charge in [-0.3, -0.25) is 9.79 Å². The molecule has 1 aromatic rings. The molecule has 4 heteroatoms. The summed E-state index contributed by atoms with van der Waals surface area (Å²) in [6.07, 6.45) is 0.902. The number of rotatable bonds is 2. The quantitative estimate of drug-likeness (QED) is 0.909. The second-order valence-corrected chi connectivity index (χ2v) is 7.09. The van der Waals surface area contributed by atoms with Gasteiger partial charge in [0.1, 0.15) is 0 Å². The highest BCUT2D eigenvalue weighted by atomic mass is 16.2. The molecular weight excluding hydrogens is 262 g/mol. The van der Waals surface area contributed by atoms with E-state index in [1.165, 1.54) is 5.56 Å². The number of nitrogens with zero attached hydrogens (tertiary/aromatic N) is 2. The molecule has 2 N–H and O–H groups in total. The molecule has 0 radical (unpaired) electrons. The van der Waals surface area contributed by atoms with E-state index in [9.17, 15) is 4.79 Å². The number of benzene rings is 1. The number of benzodiazepines with no additional fused rings is 1. The number of anilines is 1. The summed E-state index contributed by atoms with van der Waals surface area (Å²) in [6, 6.07) is 6.22. The molecule has 114 valence electrons. The highest BCUT2D eigenvalue weighted by molar-refractivity contribution is 6.05. The summed E-state index contributed by atoms with van der Waals surface area (Å²) < 4.78 is 0. The summed E-state index contributed by atoms with van der Waals surface area (Å²) in [5.41, 5.74) is 8.96. The third-order valence-electron chi connectivity index (χ3n) is 3.63. The van der Waals surface area contributed by atoms with Crippen LogP contribution in [-0.2, 0) is 10.2 Å². The van der Waals surface area contributed by atoms with Crippen LogP contribution in [0, 0.1) is 5.92 Å². The van der Waals surface area contributed by atoms with Crippen molar-refractivity contribution in [2.75, 3.05) is 11.4 Å². The van der Waals surface area contributed by atoms with Crippen LogP contribution in [-0.4, -0.2) is 24.8 Å². The van der Waals surface area contributed by atoms with E-state index in [1.807, 2.05) is 6.07 Å². The van der Waals surface area contributed by atoms with Crippen molar-refractivity contribution in [2.45, 2.75) is 46.2 Å². The molecule has 0 fully saturated rings. The molecule has 0 spiro atoms. The van der Waals surface area contributed by atoms with Crippen molar-refractivity contribution in [1.29, 1.82) is 0 Å². The van der Waals surface area contributed by atoms with E-state index in [4.69, 9.17) is 5.73 Å². The highest BCUT2D eigenvalue weighted by Gasteiger charge is 2.28. The van der Waals surface area contributed by atoms with Crippen LogP contribution < -0.4 is 10.6 Å². The van der Waals surface area contributed by atoms with E-state index >= 15 is 0 Å². The van der Waals surface area contributed by atoms with Crippen molar-refractivity contribution >= 4 is 17.8 Å². The largest absolute Gasteiger partial charge is 0.308 e. The maximum absolute atomic E-state index is 12.5. The normalized spacial score (nSPS) is 18.9. The standard InChI is InChI=1S/C17H25N3O/c1-11(2)10-20-14-8-13(17(3,4)5)7-6-12(14)9-19-15(18)16(20)21/h6-9,11,15H,10,18H2,1-5H3/t15-/m0/s1. The lowest BCUT2D eigenvalue weighted by molar-refractivity contribution is -0.119. The van der Waals surface area contributed by atoms with Crippen molar-refractivity contribution in [3.05, 3.63) is 29.3 Å². The topological polar surface area (TPSA) is 58.7 Å². The number of aliphatic imine (C=N–C) groups is 1. The summed E-state index contributed by atoms with van der Waals surface area (Å²) in [5, 5.41) is 0. The van der Waals surface area contributed by atoms with Gasteiger partial charge < -0.3 is 10.6 Å². The van der Waals surface area contributed by atoms with Gasteiger partial charge in [0.25, 0.3) is 5.91 Å². The minimum Gasteiger partial charge on any atom is -0.308 e. The van der Waals surface area contributed by atoms with Crippen molar-refractivity contribution in [3.8, 4) is 0 Å². The molecule has 1 aromatic carbocycles. The van der Waals surface area contributed by atoms with Crippen LogP contribution in [0.1, 0.15) is 45.7 Å². The van der Waals surface area contributed by atoms with E-state index in [2.05, 4.69) is 51.7 Å². The van der Waals surface area contributed by atoms with Gasteiger partial charge in [-0.25, -0.2) is 0 Å². The van der Waals surface area contributed by atoms with Crippen LogP contribution in [0.5, 0.6) is 0 Å². The molecule has 1 atom stereocenters. The molecule has 1 amide bonds. The van der Waals surface area contributed by atoms with Gasteiger partial charge in [0.2, 0.25) is 0 Å². The van der Waals surface area contributed by atoms with Gasteiger partial charge in [-0.2, -0.15) is 0 Å². The Hall–Kier alpha value is -1.68. The maximum Gasteiger partial charge on any atom is 0.266 e. The van der Waals surface area contributed by atoms with Crippen molar-refractivity contribution in [1.82, 2.24) is 0 Å². The van der Waals surface area contributed by atoms with Crippen LogP contribution in [0.3, 0.4) is 0 Å². The Morgan fingerprint density at radius 2 is 2.00 bits per heavy atom. The number of carbonyl (C=O) groups is 1. The lowest BCUT2D eigenvalue weighted by Gasteiger charge is -2.28. The minimum absolute atomic E-state index is 0.0349. The summed E-state index contributed by atoms with van der Waals surface area (Å²) in [4.78, 5) is 18.4. The molecule has 2 rings (SSSR count). The number of hydrogen-bond donors (Lipinski definition) is 1. The second-order valence-electron chi connectivity index (χ2n) is 7.09. The smallest absolute Gasteiger partial charge is 0.266 e. The average molecular weight is 287 g/mol. The molecule has 0 bridgehead atoms. The van der Waals surface area contributed by atoms with Gasteiger partial charge in [-0.1, -0.05) is 46.8 Å². The van der Waals surface area contributed by atoms with Crippen LogP contribution in [0.25, 0.3) is 0 Å². The number of carbonyl (C=O) groups excluding carboxylic acids is 1. The maximum atomic E-state index is 12.5. The lowest BCUT2D eigenvalue weighted by atomic mass is 9.86. The fourth-order valence-corrected chi connectivity index (χ4v) is 2.41. The monoisotopic (exact) mass is 287 g/mol. The highest BCUT2D eigenvalue weighted by Crippen LogP contribution is 2.30.